The van der Waals surface area contributed by atoms with Crippen LogP contribution in [0.4, 0.5) is 19.0 Å². The third-order valence-electron chi connectivity index (χ3n) is 5.63. The van der Waals surface area contributed by atoms with Crippen LogP contribution in [0.2, 0.25) is 0 Å². The summed E-state index contributed by atoms with van der Waals surface area (Å²) in [4.78, 5) is 24.3. The maximum atomic E-state index is 14.6. The molecule has 0 bridgehead atoms. The maximum Gasteiger partial charge on any atom is 0.266 e. The molecule has 1 atom stereocenters. The number of nitrogens with zero attached hydrogens (tertiary/aromatic N) is 2. The van der Waals surface area contributed by atoms with E-state index in [0.29, 0.717) is 28.2 Å². The third kappa shape index (κ3) is 4.42. The minimum absolute atomic E-state index is 0.121. The molecule has 9 heteroatoms. The molecule has 3 aromatic rings. The molecule has 1 aliphatic rings. The van der Waals surface area contributed by atoms with Gasteiger partial charge < -0.3 is 10.3 Å². The van der Waals surface area contributed by atoms with E-state index in [2.05, 4.69) is 20.3 Å². The Morgan fingerprint density at radius 3 is 2.61 bits per heavy atom. The molecule has 2 N–H and O–H groups in total. The van der Waals surface area contributed by atoms with Crippen molar-refractivity contribution in [3.05, 3.63) is 63.0 Å². The molecule has 3 heterocycles. The van der Waals surface area contributed by atoms with E-state index < -0.39 is 23.8 Å². The van der Waals surface area contributed by atoms with E-state index in [1.165, 1.54) is 12.1 Å². The van der Waals surface area contributed by atoms with Gasteiger partial charge in [0, 0.05) is 11.1 Å². The summed E-state index contributed by atoms with van der Waals surface area (Å²) in [5.41, 5.74) is 0.426. The molecular formula is C22H23F3N4OS. The number of halogens is 3. The van der Waals surface area contributed by atoms with Gasteiger partial charge in [0.25, 0.3) is 12.0 Å². The quantitative estimate of drug-likeness (QED) is 0.540. The molecule has 0 spiro atoms. The largest absolute Gasteiger partial charge is 0.363 e. The SMILES string of the molecule is Cc1nc(NC(C)c2cccc(C(F)F)c2F)c2cc(C3CCSCC3)c(=O)[nH]c2n1. The van der Waals surface area contributed by atoms with Crippen molar-refractivity contribution in [2.24, 2.45) is 0 Å². The van der Waals surface area contributed by atoms with Crippen LogP contribution in [0.15, 0.2) is 29.1 Å². The van der Waals surface area contributed by atoms with Gasteiger partial charge in [0.15, 0.2) is 0 Å². The number of thioether (sulfide) groups is 1. The van der Waals surface area contributed by atoms with Gasteiger partial charge in [0.1, 0.15) is 23.1 Å². The highest BCUT2D eigenvalue weighted by Crippen LogP contribution is 2.33. The van der Waals surface area contributed by atoms with Gasteiger partial charge in [-0.25, -0.2) is 23.1 Å². The number of fused-ring (bicyclic) bond motifs is 1. The maximum absolute atomic E-state index is 14.6. The number of pyridine rings is 1. The van der Waals surface area contributed by atoms with Crippen molar-refractivity contribution in [2.75, 3.05) is 16.8 Å². The molecular weight excluding hydrogens is 425 g/mol. The summed E-state index contributed by atoms with van der Waals surface area (Å²) in [7, 11) is 0. The minimum atomic E-state index is -2.89. The summed E-state index contributed by atoms with van der Waals surface area (Å²) in [5.74, 6) is 2.12. The normalized spacial score (nSPS) is 16.1. The van der Waals surface area contributed by atoms with Crippen LogP contribution in [0.25, 0.3) is 11.0 Å². The Morgan fingerprint density at radius 2 is 1.90 bits per heavy atom. The number of hydrogen-bond acceptors (Lipinski definition) is 5. The first-order valence-corrected chi connectivity index (χ1v) is 11.3. The number of aryl methyl sites for hydroxylation is 1. The molecule has 1 unspecified atom stereocenters. The number of aromatic amines is 1. The Morgan fingerprint density at radius 1 is 1.19 bits per heavy atom. The van der Waals surface area contributed by atoms with Crippen LogP contribution in [-0.2, 0) is 0 Å². The second-order valence-corrected chi connectivity index (χ2v) is 8.96. The first-order chi connectivity index (χ1) is 14.8. The topological polar surface area (TPSA) is 70.7 Å². The van der Waals surface area contributed by atoms with Crippen molar-refractivity contribution in [1.29, 1.82) is 0 Å². The van der Waals surface area contributed by atoms with Gasteiger partial charge in [0.2, 0.25) is 0 Å². The lowest BCUT2D eigenvalue weighted by atomic mass is 9.94. The molecule has 164 valence electrons. The average Bonchev–Trinajstić information content (AvgIpc) is 2.73. The summed E-state index contributed by atoms with van der Waals surface area (Å²) in [6.07, 6.45) is -1.04. The first-order valence-electron chi connectivity index (χ1n) is 10.2. The minimum Gasteiger partial charge on any atom is -0.363 e. The van der Waals surface area contributed by atoms with E-state index in [-0.39, 0.29) is 17.0 Å². The fourth-order valence-corrected chi connectivity index (χ4v) is 5.10. The standard InChI is InChI=1S/C22H23F3N4OS/c1-11(14-4-3-5-15(18(14)23)19(24)25)26-20-17-10-16(13-6-8-31-9-7-13)22(30)29-21(17)28-12(2)27-20/h3-5,10-11,13,19H,6-9H2,1-2H3,(H2,26,27,28,29,30). The number of nitrogens with one attached hydrogen (secondary N) is 2. The monoisotopic (exact) mass is 448 g/mol. The molecule has 1 aliphatic heterocycles. The molecule has 0 aliphatic carbocycles. The molecule has 1 saturated heterocycles. The van der Waals surface area contributed by atoms with Crippen molar-refractivity contribution in [1.82, 2.24) is 15.0 Å². The van der Waals surface area contributed by atoms with Crippen molar-refractivity contribution in [3.8, 4) is 0 Å². The molecule has 5 nitrogen and oxygen atoms in total. The Bertz CT molecular complexity index is 1160. The van der Waals surface area contributed by atoms with Crippen LogP contribution in [0.3, 0.4) is 0 Å². The fraction of sp³-hybridized carbons (Fsp3) is 0.409. The predicted octanol–water partition coefficient (Wildman–Crippen LogP) is 5.49. The van der Waals surface area contributed by atoms with Gasteiger partial charge >= 0.3 is 0 Å². The Hall–Kier alpha value is -2.55. The third-order valence-corrected chi connectivity index (χ3v) is 6.67. The zero-order chi connectivity index (χ0) is 22.1. The summed E-state index contributed by atoms with van der Waals surface area (Å²) in [5, 5.41) is 3.76. The number of rotatable bonds is 5. The van der Waals surface area contributed by atoms with Crippen LogP contribution < -0.4 is 10.9 Å². The molecule has 0 amide bonds. The molecule has 0 saturated carbocycles. The zero-order valence-electron chi connectivity index (χ0n) is 17.2. The molecule has 1 fully saturated rings. The van der Waals surface area contributed by atoms with E-state index in [4.69, 9.17) is 0 Å². The Kier molecular flexibility index (Phi) is 6.22. The van der Waals surface area contributed by atoms with E-state index >= 15 is 0 Å². The molecule has 1 aromatic carbocycles. The van der Waals surface area contributed by atoms with Gasteiger partial charge in [-0.3, -0.25) is 4.79 Å². The average molecular weight is 449 g/mol. The first kappa shape index (κ1) is 21.7. The van der Waals surface area contributed by atoms with E-state index in [1.54, 1.807) is 13.8 Å². The van der Waals surface area contributed by atoms with Gasteiger partial charge in [-0.1, -0.05) is 18.2 Å². The lowest BCUT2D eigenvalue weighted by molar-refractivity contribution is 0.146. The van der Waals surface area contributed by atoms with Crippen LogP contribution in [0, 0.1) is 12.7 Å². The highest BCUT2D eigenvalue weighted by Gasteiger charge is 2.23. The molecule has 0 radical (unpaired) electrons. The lowest BCUT2D eigenvalue weighted by Crippen LogP contribution is -2.20. The molecule has 4 rings (SSSR count). The van der Waals surface area contributed by atoms with Crippen LogP contribution in [-0.4, -0.2) is 26.5 Å². The van der Waals surface area contributed by atoms with Crippen LogP contribution in [0.5, 0.6) is 0 Å². The van der Waals surface area contributed by atoms with Gasteiger partial charge in [0.05, 0.1) is 17.0 Å². The van der Waals surface area contributed by atoms with Gasteiger partial charge in [-0.2, -0.15) is 11.8 Å². The number of alkyl halides is 2. The number of benzene rings is 1. The predicted molar refractivity (Wildman–Crippen MR) is 118 cm³/mol. The smallest absolute Gasteiger partial charge is 0.266 e. The zero-order valence-corrected chi connectivity index (χ0v) is 18.0. The summed E-state index contributed by atoms with van der Waals surface area (Å²) in [6.45, 7) is 3.37. The highest BCUT2D eigenvalue weighted by atomic mass is 32.2. The summed E-state index contributed by atoms with van der Waals surface area (Å²) in [6, 6.07) is 5.16. The second kappa shape index (κ2) is 8.90. The molecule has 31 heavy (non-hydrogen) atoms. The fourth-order valence-electron chi connectivity index (χ4n) is 3.99. The van der Waals surface area contributed by atoms with Crippen molar-refractivity contribution >= 4 is 28.6 Å². The molecule has 2 aromatic heterocycles. The lowest BCUT2D eigenvalue weighted by Gasteiger charge is -2.22. The van der Waals surface area contributed by atoms with Gasteiger partial charge in [-0.15, -0.1) is 0 Å². The van der Waals surface area contributed by atoms with E-state index in [9.17, 15) is 18.0 Å². The number of H-pyrrole nitrogens is 1. The summed E-state index contributed by atoms with van der Waals surface area (Å²) < 4.78 is 40.8. The second-order valence-electron chi connectivity index (χ2n) is 7.74. The highest BCUT2D eigenvalue weighted by molar-refractivity contribution is 7.99. The van der Waals surface area contributed by atoms with Crippen LogP contribution in [0.1, 0.15) is 60.7 Å². The van der Waals surface area contributed by atoms with E-state index in [0.717, 1.165) is 30.4 Å². The Labute approximate surface area is 181 Å². The summed E-state index contributed by atoms with van der Waals surface area (Å²) >= 11 is 1.88. The van der Waals surface area contributed by atoms with E-state index in [1.807, 2.05) is 17.8 Å². The van der Waals surface area contributed by atoms with Crippen LogP contribution >= 0.6 is 11.8 Å². The Balaban J connectivity index is 1.75. The number of aromatic nitrogens is 3. The number of hydrogen-bond donors (Lipinski definition) is 2. The van der Waals surface area contributed by atoms with Crippen molar-refractivity contribution in [3.63, 3.8) is 0 Å². The van der Waals surface area contributed by atoms with Crippen molar-refractivity contribution in [2.45, 2.75) is 45.1 Å². The number of anilines is 1. The van der Waals surface area contributed by atoms with Crippen molar-refractivity contribution < 1.29 is 13.2 Å². The van der Waals surface area contributed by atoms with Gasteiger partial charge in [-0.05, 0) is 50.2 Å².